The predicted molar refractivity (Wildman–Crippen MR) is 98.5 cm³/mol. The van der Waals surface area contributed by atoms with Crippen molar-refractivity contribution >= 4 is 37.3 Å². The van der Waals surface area contributed by atoms with Gasteiger partial charge < -0.3 is 4.57 Å². The fourth-order valence-electron chi connectivity index (χ4n) is 2.99. The highest BCUT2D eigenvalue weighted by atomic mass is 32.2. The minimum absolute atomic E-state index is 0.0739. The summed E-state index contributed by atoms with van der Waals surface area (Å²) in [5.41, 5.74) is 3.69. The van der Waals surface area contributed by atoms with Crippen molar-refractivity contribution in [3.8, 4) is 0 Å². The molecule has 0 saturated heterocycles. The molecule has 0 aliphatic rings. The maximum atomic E-state index is 12.8. The molecule has 5 nitrogen and oxygen atoms in total. The lowest BCUT2D eigenvalue weighted by Gasteiger charge is -2.14. The molecule has 0 amide bonds. The van der Waals surface area contributed by atoms with Crippen LogP contribution in [0.3, 0.4) is 0 Å². The number of hydrogen-bond acceptors (Lipinski definition) is 4. The first-order valence-corrected chi connectivity index (χ1v) is 9.69. The quantitative estimate of drug-likeness (QED) is 0.777. The first kappa shape index (κ1) is 16.7. The first-order valence-electron chi connectivity index (χ1n) is 7.39. The van der Waals surface area contributed by atoms with Gasteiger partial charge in [-0.3, -0.25) is 9.52 Å². The lowest BCUT2D eigenvalue weighted by molar-refractivity contribution is 0.600. The van der Waals surface area contributed by atoms with E-state index < -0.39 is 10.0 Å². The Labute approximate surface area is 144 Å². The number of thiazole rings is 1. The minimum Gasteiger partial charge on any atom is -0.302 e. The van der Waals surface area contributed by atoms with Gasteiger partial charge in [0.05, 0.1) is 20.8 Å². The highest BCUT2D eigenvalue weighted by Gasteiger charge is 2.20. The van der Waals surface area contributed by atoms with Crippen LogP contribution in [0.2, 0.25) is 0 Å². The summed E-state index contributed by atoms with van der Waals surface area (Å²) in [5, 5.41) is 0. The third-order valence-electron chi connectivity index (χ3n) is 3.92. The molecule has 0 unspecified atom stereocenters. The van der Waals surface area contributed by atoms with Crippen LogP contribution in [-0.2, 0) is 17.1 Å². The molecule has 0 radical (unpaired) electrons. The molecule has 7 heteroatoms. The van der Waals surface area contributed by atoms with E-state index in [2.05, 4.69) is 4.72 Å². The zero-order valence-corrected chi connectivity index (χ0v) is 15.5. The van der Waals surface area contributed by atoms with Gasteiger partial charge in [0.15, 0.2) is 0 Å². The van der Waals surface area contributed by atoms with E-state index in [0.29, 0.717) is 21.7 Å². The Morgan fingerprint density at radius 2 is 1.67 bits per heavy atom. The van der Waals surface area contributed by atoms with Crippen LogP contribution in [0.1, 0.15) is 16.7 Å². The van der Waals surface area contributed by atoms with E-state index >= 15 is 0 Å². The number of hydrogen-bond donors (Lipinski definition) is 1. The highest BCUT2D eigenvalue weighted by molar-refractivity contribution is 7.92. The molecular formula is C17H18N2O3S2. The molecule has 0 spiro atoms. The van der Waals surface area contributed by atoms with Crippen LogP contribution in [0, 0.1) is 20.8 Å². The molecule has 24 heavy (non-hydrogen) atoms. The molecule has 3 rings (SSSR count). The monoisotopic (exact) mass is 362 g/mol. The molecule has 0 bridgehead atoms. The zero-order chi connectivity index (χ0) is 17.6. The van der Waals surface area contributed by atoms with Gasteiger partial charge in [-0.15, -0.1) is 0 Å². The van der Waals surface area contributed by atoms with Gasteiger partial charge in [-0.2, -0.15) is 0 Å². The molecule has 0 saturated carbocycles. The zero-order valence-electron chi connectivity index (χ0n) is 13.9. The summed E-state index contributed by atoms with van der Waals surface area (Å²) < 4.78 is 30.5. The third-order valence-corrected chi connectivity index (χ3v) is 6.60. The summed E-state index contributed by atoms with van der Waals surface area (Å²) in [4.78, 5) is 11.9. The number of anilines is 1. The lowest BCUT2D eigenvalue weighted by atomic mass is 10.1. The van der Waals surface area contributed by atoms with Crippen molar-refractivity contribution in [1.82, 2.24) is 4.57 Å². The van der Waals surface area contributed by atoms with E-state index in [1.165, 1.54) is 0 Å². The molecule has 0 atom stereocenters. The molecule has 1 N–H and O–H groups in total. The number of rotatable bonds is 3. The third kappa shape index (κ3) is 2.85. The molecule has 1 heterocycles. The minimum atomic E-state index is -3.69. The van der Waals surface area contributed by atoms with Crippen LogP contribution in [0.25, 0.3) is 10.2 Å². The second-order valence-corrected chi connectivity index (χ2v) is 8.56. The summed E-state index contributed by atoms with van der Waals surface area (Å²) in [6, 6.07) is 8.82. The molecular weight excluding hydrogens is 344 g/mol. The van der Waals surface area contributed by atoms with E-state index in [0.717, 1.165) is 27.1 Å². The molecule has 126 valence electrons. The second-order valence-electron chi connectivity index (χ2n) is 5.94. The lowest BCUT2D eigenvalue weighted by Crippen LogP contribution is -2.16. The van der Waals surface area contributed by atoms with Crippen molar-refractivity contribution in [2.24, 2.45) is 7.05 Å². The van der Waals surface area contributed by atoms with E-state index in [9.17, 15) is 13.2 Å². The normalized spacial score (nSPS) is 11.8. The van der Waals surface area contributed by atoms with E-state index in [1.807, 2.05) is 19.1 Å². The fourth-order valence-corrected chi connectivity index (χ4v) is 5.42. The summed E-state index contributed by atoms with van der Waals surface area (Å²) in [6.07, 6.45) is 0. The molecule has 0 aliphatic carbocycles. The van der Waals surface area contributed by atoms with Crippen LogP contribution >= 0.6 is 11.3 Å². The topological polar surface area (TPSA) is 68.2 Å². The van der Waals surface area contributed by atoms with Crippen molar-refractivity contribution < 1.29 is 8.42 Å². The number of nitrogens with one attached hydrogen (secondary N) is 1. The summed E-state index contributed by atoms with van der Waals surface area (Å²) in [6.45, 7) is 5.52. The number of nitrogens with zero attached hydrogens (tertiary/aromatic N) is 1. The average molecular weight is 362 g/mol. The van der Waals surface area contributed by atoms with Gasteiger partial charge in [0.25, 0.3) is 10.0 Å². The van der Waals surface area contributed by atoms with Gasteiger partial charge in [0.1, 0.15) is 0 Å². The molecule has 0 fully saturated rings. The summed E-state index contributed by atoms with van der Waals surface area (Å²) >= 11 is 1.10. The Morgan fingerprint density at radius 1 is 1.04 bits per heavy atom. The Kier molecular flexibility index (Phi) is 4.01. The molecule has 2 aromatic carbocycles. The molecule has 1 aromatic heterocycles. The standard InChI is InChI=1S/C17H18N2O3S2/c1-10-7-11(2)16(12(3)8-10)24(21,22)18-13-5-6-14-15(9-13)23-17(20)19(14)4/h5-9,18H,1-4H3. The fraction of sp³-hybridized carbons (Fsp3) is 0.235. The Morgan fingerprint density at radius 3 is 2.29 bits per heavy atom. The van der Waals surface area contributed by atoms with Crippen LogP contribution in [0.15, 0.2) is 40.0 Å². The van der Waals surface area contributed by atoms with Gasteiger partial charge in [0.2, 0.25) is 0 Å². The van der Waals surface area contributed by atoms with E-state index in [4.69, 9.17) is 0 Å². The molecule has 3 aromatic rings. The van der Waals surface area contributed by atoms with E-state index in [1.54, 1.807) is 43.7 Å². The van der Waals surface area contributed by atoms with Crippen LogP contribution in [0.4, 0.5) is 5.69 Å². The maximum Gasteiger partial charge on any atom is 0.307 e. The van der Waals surface area contributed by atoms with Crippen LogP contribution < -0.4 is 9.60 Å². The van der Waals surface area contributed by atoms with Crippen molar-refractivity contribution in [2.45, 2.75) is 25.7 Å². The number of benzene rings is 2. The van der Waals surface area contributed by atoms with Crippen molar-refractivity contribution in [1.29, 1.82) is 0 Å². The van der Waals surface area contributed by atoms with Crippen LogP contribution in [-0.4, -0.2) is 13.0 Å². The van der Waals surface area contributed by atoms with Gasteiger partial charge >= 0.3 is 4.87 Å². The second kappa shape index (κ2) is 5.75. The number of fused-ring (bicyclic) bond motifs is 1. The van der Waals surface area contributed by atoms with Gasteiger partial charge in [-0.1, -0.05) is 29.0 Å². The SMILES string of the molecule is Cc1cc(C)c(S(=O)(=O)Nc2ccc3c(c2)sc(=O)n3C)c(C)c1. The van der Waals surface area contributed by atoms with Gasteiger partial charge in [-0.05, 0) is 50.1 Å². The van der Waals surface area contributed by atoms with Crippen LogP contribution in [0.5, 0.6) is 0 Å². The molecule has 0 aliphatic heterocycles. The van der Waals surface area contributed by atoms with Crippen molar-refractivity contribution in [3.05, 3.63) is 56.7 Å². The Balaban J connectivity index is 2.05. The summed E-state index contributed by atoms with van der Waals surface area (Å²) in [5.74, 6) is 0. The van der Waals surface area contributed by atoms with Crippen molar-refractivity contribution in [2.75, 3.05) is 4.72 Å². The number of aromatic nitrogens is 1. The Bertz CT molecular complexity index is 1090. The number of sulfonamides is 1. The maximum absolute atomic E-state index is 12.8. The van der Waals surface area contributed by atoms with Gasteiger partial charge in [0, 0.05) is 7.05 Å². The Hall–Kier alpha value is -2.12. The largest absolute Gasteiger partial charge is 0.307 e. The number of aryl methyl sites for hydroxylation is 4. The van der Waals surface area contributed by atoms with Gasteiger partial charge in [-0.25, -0.2) is 8.42 Å². The smallest absolute Gasteiger partial charge is 0.302 e. The van der Waals surface area contributed by atoms with E-state index in [-0.39, 0.29) is 4.87 Å². The highest BCUT2D eigenvalue weighted by Crippen LogP contribution is 2.26. The average Bonchev–Trinajstić information content (AvgIpc) is 2.71. The predicted octanol–water partition coefficient (Wildman–Crippen LogP) is 3.33. The van der Waals surface area contributed by atoms with Crippen molar-refractivity contribution in [3.63, 3.8) is 0 Å². The summed E-state index contributed by atoms with van der Waals surface area (Å²) in [7, 11) is -2.00. The first-order chi connectivity index (χ1) is 11.2.